The van der Waals surface area contributed by atoms with E-state index < -0.39 is 10.0 Å². The van der Waals surface area contributed by atoms with E-state index in [0.29, 0.717) is 28.7 Å². The molecule has 1 atom stereocenters. The molecule has 1 fully saturated rings. The Hall–Kier alpha value is -1.08. The molecular formula is C14H16Cl2N2O3S. The number of carbonyl (C=O) groups excluding carboxylic acids is 1. The van der Waals surface area contributed by atoms with Crippen molar-refractivity contribution in [2.45, 2.75) is 6.42 Å². The summed E-state index contributed by atoms with van der Waals surface area (Å²) >= 11 is 11.9. The quantitative estimate of drug-likeness (QED) is 0.874. The number of benzene rings is 1. The summed E-state index contributed by atoms with van der Waals surface area (Å²) in [4.78, 5) is 14.1. The van der Waals surface area contributed by atoms with Crippen molar-refractivity contribution in [1.29, 1.82) is 0 Å². The zero-order valence-electron chi connectivity index (χ0n) is 11.8. The van der Waals surface area contributed by atoms with Crippen LogP contribution in [0.25, 0.3) is 0 Å². The smallest absolute Gasteiger partial charge is 0.255 e. The van der Waals surface area contributed by atoms with Gasteiger partial charge in [0, 0.05) is 30.1 Å². The molecule has 1 aliphatic heterocycles. The zero-order valence-corrected chi connectivity index (χ0v) is 14.1. The fourth-order valence-electron chi connectivity index (χ4n) is 2.31. The highest BCUT2D eigenvalue weighted by atomic mass is 35.5. The SMILES string of the molecule is C=CS(=O)(=O)NCC1CCN(C(=O)c2cc(Cl)ccc2Cl)C1. The summed E-state index contributed by atoms with van der Waals surface area (Å²) in [5.74, 6) is -0.127. The van der Waals surface area contributed by atoms with Crippen LogP contribution in [0.4, 0.5) is 0 Å². The summed E-state index contributed by atoms with van der Waals surface area (Å²) < 4.78 is 25.1. The van der Waals surface area contributed by atoms with Gasteiger partial charge < -0.3 is 4.90 Å². The van der Waals surface area contributed by atoms with E-state index in [9.17, 15) is 13.2 Å². The number of carbonyl (C=O) groups is 1. The van der Waals surface area contributed by atoms with Crippen molar-refractivity contribution >= 4 is 39.1 Å². The highest BCUT2D eigenvalue weighted by Crippen LogP contribution is 2.25. The van der Waals surface area contributed by atoms with E-state index in [2.05, 4.69) is 11.3 Å². The Morgan fingerprint density at radius 2 is 2.18 bits per heavy atom. The first kappa shape index (κ1) is 17.3. The van der Waals surface area contributed by atoms with Gasteiger partial charge in [0.1, 0.15) is 0 Å². The number of amides is 1. The monoisotopic (exact) mass is 362 g/mol. The minimum Gasteiger partial charge on any atom is -0.338 e. The van der Waals surface area contributed by atoms with E-state index in [1.54, 1.807) is 23.1 Å². The third-order valence-electron chi connectivity index (χ3n) is 3.52. The molecule has 0 bridgehead atoms. The van der Waals surface area contributed by atoms with Crippen molar-refractivity contribution in [3.05, 3.63) is 45.8 Å². The summed E-state index contributed by atoms with van der Waals surface area (Å²) in [6.45, 7) is 4.55. The molecule has 2 rings (SSSR count). The number of nitrogens with one attached hydrogen (secondary N) is 1. The molecule has 22 heavy (non-hydrogen) atoms. The van der Waals surface area contributed by atoms with Crippen molar-refractivity contribution in [3.8, 4) is 0 Å². The van der Waals surface area contributed by atoms with Gasteiger partial charge in [-0.25, -0.2) is 13.1 Å². The number of hydrogen-bond donors (Lipinski definition) is 1. The second kappa shape index (κ2) is 7.00. The van der Waals surface area contributed by atoms with E-state index in [-0.39, 0.29) is 18.4 Å². The Labute approximate surface area is 139 Å². The van der Waals surface area contributed by atoms with Crippen LogP contribution >= 0.6 is 23.2 Å². The number of halogens is 2. The van der Waals surface area contributed by atoms with Crippen LogP contribution in [0.2, 0.25) is 10.0 Å². The minimum atomic E-state index is -3.44. The average Bonchev–Trinajstić information content (AvgIpc) is 2.96. The first-order valence-electron chi connectivity index (χ1n) is 6.69. The second-order valence-electron chi connectivity index (χ2n) is 5.09. The van der Waals surface area contributed by atoms with Gasteiger partial charge >= 0.3 is 0 Å². The van der Waals surface area contributed by atoms with Gasteiger partial charge in [-0.1, -0.05) is 29.8 Å². The molecule has 8 heteroatoms. The van der Waals surface area contributed by atoms with E-state index in [4.69, 9.17) is 23.2 Å². The largest absolute Gasteiger partial charge is 0.338 e. The molecule has 0 aromatic heterocycles. The van der Waals surface area contributed by atoms with E-state index in [1.807, 2.05) is 0 Å². The maximum atomic E-state index is 12.5. The predicted octanol–water partition coefficient (Wildman–Crippen LogP) is 2.52. The van der Waals surface area contributed by atoms with Crippen LogP contribution in [0, 0.1) is 5.92 Å². The van der Waals surface area contributed by atoms with Gasteiger partial charge in [-0.15, -0.1) is 0 Å². The third-order valence-corrected chi connectivity index (χ3v) is 5.10. The average molecular weight is 363 g/mol. The lowest BCUT2D eigenvalue weighted by atomic mass is 10.1. The van der Waals surface area contributed by atoms with Crippen LogP contribution in [-0.4, -0.2) is 38.9 Å². The normalized spacial score (nSPS) is 18.5. The van der Waals surface area contributed by atoms with Crippen LogP contribution in [0.1, 0.15) is 16.8 Å². The van der Waals surface area contributed by atoms with Crippen molar-refractivity contribution < 1.29 is 13.2 Å². The van der Waals surface area contributed by atoms with Gasteiger partial charge in [0.25, 0.3) is 5.91 Å². The van der Waals surface area contributed by atoms with Crippen LogP contribution in [0.3, 0.4) is 0 Å². The lowest BCUT2D eigenvalue weighted by Gasteiger charge is -2.17. The lowest BCUT2D eigenvalue weighted by Crippen LogP contribution is -2.32. The predicted molar refractivity (Wildman–Crippen MR) is 87.6 cm³/mol. The number of hydrogen-bond acceptors (Lipinski definition) is 3. The number of likely N-dealkylation sites (tertiary alicyclic amines) is 1. The molecule has 1 heterocycles. The molecule has 1 amide bonds. The third kappa shape index (κ3) is 4.23. The van der Waals surface area contributed by atoms with Crippen LogP contribution < -0.4 is 4.72 Å². The fraction of sp³-hybridized carbons (Fsp3) is 0.357. The first-order valence-corrected chi connectivity index (χ1v) is 8.99. The molecule has 0 spiro atoms. The molecule has 1 aliphatic rings. The first-order chi connectivity index (χ1) is 10.3. The molecule has 5 nitrogen and oxygen atoms in total. The van der Waals surface area contributed by atoms with E-state index >= 15 is 0 Å². The molecule has 120 valence electrons. The highest BCUT2D eigenvalue weighted by Gasteiger charge is 2.28. The van der Waals surface area contributed by atoms with Gasteiger partial charge in [0.15, 0.2) is 0 Å². The summed E-state index contributed by atoms with van der Waals surface area (Å²) in [6, 6.07) is 4.75. The maximum Gasteiger partial charge on any atom is 0.255 e. The van der Waals surface area contributed by atoms with E-state index in [0.717, 1.165) is 11.8 Å². The molecule has 1 aromatic rings. The molecule has 1 saturated heterocycles. The summed E-state index contributed by atoms with van der Waals surface area (Å²) in [7, 11) is -3.44. The van der Waals surface area contributed by atoms with Crippen LogP contribution in [-0.2, 0) is 10.0 Å². The summed E-state index contributed by atoms with van der Waals surface area (Å²) in [5, 5.41) is 1.67. The van der Waals surface area contributed by atoms with Crippen molar-refractivity contribution in [2.75, 3.05) is 19.6 Å². The van der Waals surface area contributed by atoms with E-state index in [1.165, 1.54) is 0 Å². The van der Waals surface area contributed by atoms with Crippen molar-refractivity contribution in [2.24, 2.45) is 5.92 Å². The van der Waals surface area contributed by atoms with Gasteiger partial charge in [-0.2, -0.15) is 0 Å². The molecule has 0 saturated carbocycles. The van der Waals surface area contributed by atoms with Crippen LogP contribution in [0.5, 0.6) is 0 Å². The molecule has 1 N–H and O–H groups in total. The van der Waals surface area contributed by atoms with Gasteiger partial charge in [0.2, 0.25) is 10.0 Å². The molecule has 0 aliphatic carbocycles. The van der Waals surface area contributed by atoms with Gasteiger partial charge in [0.05, 0.1) is 10.6 Å². The lowest BCUT2D eigenvalue weighted by molar-refractivity contribution is 0.0787. The molecule has 1 aromatic carbocycles. The fourth-order valence-corrected chi connectivity index (χ4v) is 3.26. The Balaban J connectivity index is 1.99. The summed E-state index contributed by atoms with van der Waals surface area (Å²) in [6.07, 6.45) is 0.726. The number of rotatable bonds is 5. The van der Waals surface area contributed by atoms with Gasteiger partial charge in [-0.3, -0.25) is 4.79 Å². The number of nitrogens with zero attached hydrogens (tertiary/aromatic N) is 1. The molecular weight excluding hydrogens is 347 g/mol. The van der Waals surface area contributed by atoms with Crippen molar-refractivity contribution in [3.63, 3.8) is 0 Å². The zero-order chi connectivity index (χ0) is 16.3. The Morgan fingerprint density at radius 3 is 2.86 bits per heavy atom. The summed E-state index contributed by atoms with van der Waals surface area (Å²) in [5.41, 5.74) is 0.362. The topological polar surface area (TPSA) is 66.5 Å². The second-order valence-corrected chi connectivity index (χ2v) is 7.65. The Morgan fingerprint density at radius 1 is 1.45 bits per heavy atom. The van der Waals surface area contributed by atoms with Gasteiger partial charge in [-0.05, 0) is 30.5 Å². The van der Waals surface area contributed by atoms with Crippen LogP contribution in [0.15, 0.2) is 30.2 Å². The highest BCUT2D eigenvalue weighted by molar-refractivity contribution is 7.92. The van der Waals surface area contributed by atoms with Crippen molar-refractivity contribution in [1.82, 2.24) is 9.62 Å². The maximum absolute atomic E-state index is 12.5. The minimum absolute atomic E-state index is 0.0663. The Kier molecular flexibility index (Phi) is 5.50. The Bertz CT molecular complexity index is 691. The molecule has 1 unspecified atom stereocenters. The standard InChI is InChI=1S/C14H16Cl2N2O3S/c1-2-22(20,21)17-8-10-5-6-18(9-10)14(19)12-7-11(15)3-4-13(12)16/h2-4,7,10,17H,1,5-6,8-9H2. The number of sulfonamides is 1. The molecule has 0 radical (unpaired) electrons.